The van der Waals surface area contributed by atoms with Crippen LogP contribution in [0.3, 0.4) is 0 Å². The van der Waals surface area contributed by atoms with Crippen LogP contribution in [0.1, 0.15) is 16.8 Å². The molecule has 0 radical (unpaired) electrons. The van der Waals surface area contributed by atoms with E-state index in [0.29, 0.717) is 27.4 Å². The molecule has 3 aromatic carbocycles. The number of amides is 1. The summed E-state index contributed by atoms with van der Waals surface area (Å²) in [6, 6.07) is 18.5. The Morgan fingerprint density at radius 2 is 1.50 bits per heavy atom. The number of nitrogens with zero attached hydrogens (tertiary/aromatic N) is 5. The summed E-state index contributed by atoms with van der Waals surface area (Å²) in [5, 5.41) is 25.6. The van der Waals surface area contributed by atoms with Gasteiger partial charge in [0.25, 0.3) is 11.5 Å². The Morgan fingerprint density at radius 3 is 2.14 bits per heavy atom. The number of aromatic nitrogens is 2. The zero-order valence-corrected chi connectivity index (χ0v) is 24.0. The van der Waals surface area contributed by atoms with Crippen LogP contribution in [-0.4, -0.2) is 56.1 Å². The number of hydrogen-bond donors (Lipinski definition) is 2. The molecule has 1 fully saturated rings. The van der Waals surface area contributed by atoms with E-state index in [-0.39, 0.29) is 39.4 Å². The maximum atomic E-state index is 13.6. The fraction of sp³-hybridized carbons (Fsp3) is 0.133. The first-order valence-corrected chi connectivity index (χ1v) is 13.5. The minimum Gasteiger partial charge on any atom is -0.504 e. The van der Waals surface area contributed by atoms with Gasteiger partial charge in [0, 0.05) is 7.05 Å². The minimum atomic E-state index is -0.468. The molecule has 1 saturated heterocycles. The maximum Gasteiger partial charge on any atom is 0.297 e. The van der Waals surface area contributed by atoms with Crippen LogP contribution in [0.2, 0.25) is 0 Å². The molecule has 0 atom stereocenters. The molecule has 0 bridgehead atoms. The van der Waals surface area contributed by atoms with Crippen LogP contribution in [0.25, 0.3) is 11.8 Å². The van der Waals surface area contributed by atoms with Gasteiger partial charge in [0.15, 0.2) is 33.9 Å². The summed E-state index contributed by atoms with van der Waals surface area (Å²) in [4.78, 5) is 32.1. The average molecular weight is 586 g/mol. The van der Waals surface area contributed by atoms with Crippen molar-refractivity contribution < 1.29 is 24.5 Å². The lowest BCUT2D eigenvalue weighted by Gasteiger charge is -2.09. The van der Waals surface area contributed by atoms with Crippen LogP contribution in [0.15, 0.2) is 86.5 Å². The Bertz CT molecular complexity index is 1820. The quantitative estimate of drug-likeness (QED) is 0.240. The van der Waals surface area contributed by atoms with Gasteiger partial charge < -0.3 is 19.7 Å². The summed E-state index contributed by atoms with van der Waals surface area (Å²) in [6.07, 6.45) is 3.06. The Kier molecular flexibility index (Phi) is 7.89. The van der Waals surface area contributed by atoms with E-state index in [1.54, 1.807) is 49.0 Å². The van der Waals surface area contributed by atoms with E-state index in [0.717, 1.165) is 16.8 Å². The highest BCUT2D eigenvalue weighted by Crippen LogP contribution is 2.36. The monoisotopic (exact) mass is 585 g/mol. The van der Waals surface area contributed by atoms with Gasteiger partial charge in [-0.1, -0.05) is 24.3 Å². The number of hydrogen-bond acceptors (Lipinski definition) is 9. The number of benzene rings is 3. The second-order valence-electron chi connectivity index (χ2n) is 9.14. The molecule has 12 heteroatoms. The third-order valence-electron chi connectivity index (χ3n) is 6.54. The smallest absolute Gasteiger partial charge is 0.297 e. The molecule has 11 nitrogen and oxygen atoms in total. The van der Waals surface area contributed by atoms with Crippen LogP contribution < -0.4 is 15.0 Å². The molecule has 0 saturated carbocycles. The van der Waals surface area contributed by atoms with Crippen molar-refractivity contribution >= 4 is 40.8 Å². The maximum absolute atomic E-state index is 13.6. The van der Waals surface area contributed by atoms with Gasteiger partial charge in [-0.3, -0.25) is 14.3 Å². The van der Waals surface area contributed by atoms with Crippen LogP contribution in [0.4, 0.5) is 5.69 Å². The number of ether oxygens (including phenoxy) is 2. The second kappa shape index (κ2) is 11.7. The molecular formula is C30H27N5O6S. The Hall–Kier alpha value is -5.23. The molecule has 1 amide bonds. The van der Waals surface area contributed by atoms with Gasteiger partial charge >= 0.3 is 0 Å². The van der Waals surface area contributed by atoms with E-state index < -0.39 is 5.91 Å². The fourth-order valence-corrected chi connectivity index (χ4v) is 5.17. The normalized spacial score (nSPS) is 15.3. The second-order valence-corrected chi connectivity index (χ2v) is 10.1. The number of phenolic OH excluding ortho intramolecular Hbond substituents is 2. The van der Waals surface area contributed by atoms with Crippen LogP contribution in [0, 0.1) is 6.92 Å². The summed E-state index contributed by atoms with van der Waals surface area (Å²) in [7, 11) is 4.63. The van der Waals surface area contributed by atoms with Crippen molar-refractivity contribution in [3.63, 3.8) is 0 Å². The molecule has 1 aliphatic rings. The van der Waals surface area contributed by atoms with Crippen LogP contribution in [-0.2, 0) is 11.8 Å². The standard InChI is InChI=1S/C30H27N5O6S/c1-18-27(29(39)35(33(18)2)21-8-6-5-7-9-21)32-30-34(31-17-20-11-13-23(37)25(15-20)41-4)28(38)26(42-30)16-19-10-12-22(36)24(14-19)40-3/h5-17,36-37H,1-4H3. The molecular weight excluding hydrogens is 558 g/mol. The van der Waals surface area contributed by atoms with Gasteiger partial charge in [-0.2, -0.15) is 10.1 Å². The van der Waals surface area contributed by atoms with Crippen molar-refractivity contribution in [1.82, 2.24) is 14.4 Å². The van der Waals surface area contributed by atoms with Gasteiger partial charge in [-0.05, 0) is 78.4 Å². The topological polar surface area (TPSA) is 131 Å². The molecule has 5 rings (SSSR count). The van der Waals surface area contributed by atoms with Gasteiger partial charge in [0.05, 0.1) is 36.7 Å². The van der Waals surface area contributed by atoms with E-state index in [1.807, 2.05) is 30.3 Å². The number of aromatic hydroxyl groups is 2. The molecule has 214 valence electrons. The lowest BCUT2D eigenvalue weighted by molar-refractivity contribution is -0.122. The molecule has 0 unspecified atom stereocenters. The predicted molar refractivity (Wildman–Crippen MR) is 162 cm³/mol. The minimum absolute atomic E-state index is 0.0305. The summed E-state index contributed by atoms with van der Waals surface area (Å²) in [6.45, 7) is 1.78. The number of thioether (sulfide) groups is 1. The first-order valence-electron chi connectivity index (χ1n) is 12.7. The predicted octanol–water partition coefficient (Wildman–Crippen LogP) is 4.55. The van der Waals surface area contributed by atoms with Crippen molar-refractivity contribution in [3.05, 3.63) is 98.8 Å². The number of phenols is 2. The van der Waals surface area contributed by atoms with E-state index in [2.05, 4.69) is 10.1 Å². The highest BCUT2D eigenvalue weighted by atomic mass is 32.2. The SMILES string of the molecule is COc1cc(C=NN2C(=O)C(=Cc3ccc(O)c(OC)c3)SC2=Nc2c(C)n(C)n(-c3ccccc3)c2=O)ccc1O. The lowest BCUT2D eigenvalue weighted by atomic mass is 10.2. The molecule has 2 N–H and O–H groups in total. The number of methoxy groups -OCH3 is 2. The molecule has 1 aromatic heterocycles. The molecule has 0 spiro atoms. The van der Waals surface area contributed by atoms with E-state index >= 15 is 0 Å². The summed E-state index contributed by atoms with van der Waals surface area (Å²) < 4.78 is 13.6. The van der Waals surface area contributed by atoms with Crippen molar-refractivity contribution in [3.8, 4) is 28.7 Å². The van der Waals surface area contributed by atoms with Crippen LogP contribution in [0.5, 0.6) is 23.0 Å². The van der Waals surface area contributed by atoms with Crippen molar-refractivity contribution in [2.75, 3.05) is 14.2 Å². The van der Waals surface area contributed by atoms with Gasteiger partial charge in [-0.25, -0.2) is 9.67 Å². The van der Waals surface area contributed by atoms with Crippen LogP contribution >= 0.6 is 11.8 Å². The number of aliphatic imine (C=N–C) groups is 1. The molecule has 4 aromatic rings. The lowest BCUT2D eigenvalue weighted by Crippen LogP contribution is -2.24. The summed E-state index contributed by atoms with van der Waals surface area (Å²) in [5.74, 6) is -0.0280. The van der Waals surface area contributed by atoms with E-state index in [4.69, 9.17) is 9.47 Å². The fourth-order valence-electron chi connectivity index (χ4n) is 4.25. The number of hydrazone groups is 1. The van der Waals surface area contributed by atoms with Gasteiger partial charge in [0.1, 0.15) is 0 Å². The molecule has 42 heavy (non-hydrogen) atoms. The largest absolute Gasteiger partial charge is 0.504 e. The Labute approximate surface area is 245 Å². The number of carbonyl (C=O) groups excluding carboxylic acids is 1. The summed E-state index contributed by atoms with van der Waals surface area (Å²) in [5.41, 5.74) is 2.25. The van der Waals surface area contributed by atoms with Gasteiger partial charge in [0.2, 0.25) is 0 Å². The number of amidine groups is 1. The first kappa shape index (κ1) is 28.3. The summed E-state index contributed by atoms with van der Waals surface area (Å²) >= 11 is 1.06. The van der Waals surface area contributed by atoms with E-state index in [1.165, 1.54) is 37.2 Å². The highest BCUT2D eigenvalue weighted by molar-refractivity contribution is 8.18. The third kappa shape index (κ3) is 5.39. The Morgan fingerprint density at radius 1 is 0.881 bits per heavy atom. The zero-order valence-electron chi connectivity index (χ0n) is 23.2. The van der Waals surface area contributed by atoms with Crippen molar-refractivity contribution in [1.29, 1.82) is 0 Å². The zero-order chi connectivity index (χ0) is 30.0. The molecule has 2 heterocycles. The third-order valence-corrected chi connectivity index (χ3v) is 7.50. The molecule has 0 aliphatic carbocycles. The average Bonchev–Trinajstić information content (AvgIpc) is 3.40. The number of carbonyl (C=O) groups is 1. The Balaban J connectivity index is 1.60. The van der Waals surface area contributed by atoms with Gasteiger partial charge in [-0.15, -0.1) is 0 Å². The van der Waals surface area contributed by atoms with E-state index in [9.17, 15) is 19.8 Å². The first-order chi connectivity index (χ1) is 20.2. The number of rotatable bonds is 7. The molecule has 1 aliphatic heterocycles. The van der Waals surface area contributed by atoms with Crippen molar-refractivity contribution in [2.45, 2.75) is 6.92 Å². The number of para-hydroxylation sites is 1. The van der Waals surface area contributed by atoms with Crippen molar-refractivity contribution in [2.24, 2.45) is 17.1 Å². The highest BCUT2D eigenvalue weighted by Gasteiger charge is 2.34.